The van der Waals surface area contributed by atoms with Gasteiger partial charge in [-0.05, 0) is 25.0 Å². The Morgan fingerprint density at radius 3 is 2.80 bits per heavy atom. The maximum Gasteiger partial charge on any atom is 0.241 e. The summed E-state index contributed by atoms with van der Waals surface area (Å²) in [7, 11) is 0. The number of benzene rings is 1. The second-order valence-electron chi connectivity index (χ2n) is 3.44. The van der Waals surface area contributed by atoms with Gasteiger partial charge in [0, 0.05) is 0 Å². The first-order chi connectivity index (χ1) is 7.06. The molecule has 1 unspecified atom stereocenters. The lowest BCUT2D eigenvalue weighted by atomic mass is 10.1. The number of carbonyl (C=O) groups is 1. The fourth-order valence-corrected chi connectivity index (χ4v) is 1.46. The molecule has 3 N–H and O–H groups in total. The van der Waals surface area contributed by atoms with Gasteiger partial charge in [0.25, 0.3) is 0 Å². The van der Waals surface area contributed by atoms with Crippen molar-refractivity contribution < 1.29 is 4.79 Å². The van der Waals surface area contributed by atoms with Crippen LogP contribution in [0.4, 0.5) is 5.69 Å². The summed E-state index contributed by atoms with van der Waals surface area (Å²) in [5.74, 6) is -0.200. The van der Waals surface area contributed by atoms with Crippen LogP contribution in [-0.4, -0.2) is 11.9 Å². The molecule has 0 heterocycles. The second kappa shape index (κ2) is 5.14. The monoisotopic (exact) mass is 226 g/mol. The van der Waals surface area contributed by atoms with Crippen LogP contribution >= 0.6 is 11.6 Å². The van der Waals surface area contributed by atoms with Crippen molar-refractivity contribution in [3.63, 3.8) is 0 Å². The van der Waals surface area contributed by atoms with E-state index in [1.54, 1.807) is 6.07 Å². The normalized spacial score (nSPS) is 12.3. The molecule has 0 saturated carbocycles. The largest absolute Gasteiger partial charge is 0.323 e. The minimum absolute atomic E-state index is 0.200. The van der Waals surface area contributed by atoms with Crippen LogP contribution < -0.4 is 11.1 Å². The van der Waals surface area contributed by atoms with Crippen LogP contribution in [0.5, 0.6) is 0 Å². The van der Waals surface area contributed by atoms with Gasteiger partial charge < -0.3 is 11.1 Å². The topological polar surface area (TPSA) is 55.1 Å². The summed E-state index contributed by atoms with van der Waals surface area (Å²) >= 11 is 5.97. The van der Waals surface area contributed by atoms with Gasteiger partial charge in [-0.3, -0.25) is 4.79 Å². The molecule has 0 radical (unpaired) electrons. The van der Waals surface area contributed by atoms with Crippen LogP contribution in [0.3, 0.4) is 0 Å². The smallest absolute Gasteiger partial charge is 0.241 e. The van der Waals surface area contributed by atoms with Crippen LogP contribution in [0.2, 0.25) is 5.02 Å². The van der Waals surface area contributed by atoms with Gasteiger partial charge in [0.15, 0.2) is 0 Å². The van der Waals surface area contributed by atoms with Gasteiger partial charge in [0.2, 0.25) is 5.91 Å². The molecule has 0 saturated heterocycles. The molecule has 15 heavy (non-hydrogen) atoms. The van der Waals surface area contributed by atoms with Crippen LogP contribution in [0.25, 0.3) is 0 Å². The van der Waals surface area contributed by atoms with Crippen molar-refractivity contribution in [3.05, 3.63) is 28.8 Å². The average Bonchev–Trinajstić information content (AvgIpc) is 2.22. The first kappa shape index (κ1) is 12.0. The lowest BCUT2D eigenvalue weighted by Crippen LogP contribution is -2.35. The fourth-order valence-electron chi connectivity index (χ4n) is 1.19. The molecule has 0 aliphatic heterocycles. The highest BCUT2D eigenvalue weighted by Gasteiger charge is 2.13. The van der Waals surface area contributed by atoms with Crippen molar-refractivity contribution in [1.82, 2.24) is 0 Å². The minimum Gasteiger partial charge on any atom is -0.323 e. The number of aryl methyl sites for hydroxylation is 1. The van der Waals surface area contributed by atoms with Gasteiger partial charge in [0.05, 0.1) is 16.8 Å². The lowest BCUT2D eigenvalue weighted by molar-refractivity contribution is -0.117. The highest BCUT2D eigenvalue weighted by Crippen LogP contribution is 2.25. The van der Waals surface area contributed by atoms with E-state index >= 15 is 0 Å². The van der Waals surface area contributed by atoms with Gasteiger partial charge in [-0.1, -0.05) is 30.7 Å². The maximum atomic E-state index is 11.6. The van der Waals surface area contributed by atoms with Crippen LogP contribution in [0, 0.1) is 6.92 Å². The highest BCUT2D eigenvalue weighted by molar-refractivity contribution is 6.34. The Morgan fingerprint density at radius 1 is 1.60 bits per heavy atom. The third-order valence-corrected chi connectivity index (χ3v) is 2.56. The molecule has 1 rings (SSSR count). The molecule has 0 aromatic heterocycles. The van der Waals surface area contributed by atoms with E-state index in [-0.39, 0.29) is 5.91 Å². The Kier molecular flexibility index (Phi) is 4.12. The first-order valence-electron chi connectivity index (χ1n) is 4.87. The molecule has 0 aliphatic rings. The quantitative estimate of drug-likeness (QED) is 0.831. The van der Waals surface area contributed by atoms with E-state index in [9.17, 15) is 4.79 Å². The number of hydrogen-bond acceptors (Lipinski definition) is 2. The van der Waals surface area contributed by atoms with E-state index in [1.807, 2.05) is 26.0 Å². The Hall–Kier alpha value is -1.06. The average molecular weight is 227 g/mol. The van der Waals surface area contributed by atoms with E-state index in [0.29, 0.717) is 17.1 Å². The van der Waals surface area contributed by atoms with Crippen molar-refractivity contribution in [2.24, 2.45) is 5.73 Å². The summed E-state index contributed by atoms with van der Waals surface area (Å²) in [6.45, 7) is 3.75. The Balaban J connectivity index is 2.85. The summed E-state index contributed by atoms with van der Waals surface area (Å²) in [4.78, 5) is 11.6. The van der Waals surface area contributed by atoms with E-state index in [2.05, 4.69) is 5.32 Å². The van der Waals surface area contributed by atoms with Gasteiger partial charge in [0.1, 0.15) is 0 Å². The van der Waals surface area contributed by atoms with E-state index in [0.717, 1.165) is 5.56 Å². The Labute approximate surface area is 94.6 Å². The molecule has 4 heteroatoms. The summed E-state index contributed by atoms with van der Waals surface area (Å²) < 4.78 is 0. The highest BCUT2D eigenvalue weighted by atomic mass is 35.5. The second-order valence-corrected chi connectivity index (χ2v) is 3.84. The number of amides is 1. The lowest BCUT2D eigenvalue weighted by Gasteiger charge is -2.13. The maximum absolute atomic E-state index is 11.6. The minimum atomic E-state index is -0.485. The third-order valence-electron chi connectivity index (χ3n) is 2.25. The van der Waals surface area contributed by atoms with Crippen molar-refractivity contribution in [2.75, 3.05) is 5.32 Å². The number of nitrogens with two attached hydrogens (primary N) is 1. The van der Waals surface area contributed by atoms with Gasteiger partial charge in [-0.2, -0.15) is 0 Å². The van der Waals surface area contributed by atoms with Crippen LogP contribution in [-0.2, 0) is 4.79 Å². The van der Waals surface area contributed by atoms with Crippen molar-refractivity contribution in [1.29, 1.82) is 0 Å². The molecule has 0 aliphatic carbocycles. The molecular weight excluding hydrogens is 212 g/mol. The van der Waals surface area contributed by atoms with Crippen LogP contribution in [0.15, 0.2) is 18.2 Å². The zero-order valence-corrected chi connectivity index (χ0v) is 9.64. The van der Waals surface area contributed by atoms with Crippen molar-refractivity contribution in [3.8, 4) is 0 Å². The molecule has 0 spiro atoms. The van der Waals surface area contributed by atoms with Crippen molar-refractivity contribution >= 4 is 23.2 Å². The molecular formula is C11H15ClN2O. The number of para-hydroxylation sites is 1. The summed E-state index contributed by atoms with van der Waals surface area (Å²) in [6, 6.07) is 4.98. The van der Waals surface area contributed by atoms with E-state index < -0.39 is 6.04 Å². The summed E-state index contributed by atoms with van der Waals surface area (Å²) in [5.41, 5.74) is 7.19. The standard InChI is InChI=1S/C11H15ClN2O/c1-3-9(13)11(15)14-10-7(2)5-4-6-8(10)12/h4-6,9H,3,13H2,1-2H3,(H,14,15). The van der Waals surface area contributed by atoms with E-state index in [1.165, 1.54) is 0 Å². The zero-order chi connectivity index (χ0) is 11.4. The van der Waals surface area contributed by atoms with Gasteiger partial charge in [-0.15, -0.1) is 0 Å². The van der Waals surface area contributed by atoms with Crippen LogP contribution in [0.1, 0.15) is 18.9 Å². The molecule has 3 nitrogen and oxygen atoms in total. The number of rotatable bonds is 3. The summed E-state index contributed by atoms with van der Waals surface area (Å²) in [5, 5.41) is 3.27. The molecule has 1 aromatic carbocycles. The number of nitrogens with one attached hydrogen (secondary N) is 1. The summed E-state index contributed by atoms with van der Waals surface area (Å²) in [6.07, 6.45) is 0.606. The first-order valence-corrected chi connectivity index (χ1v) is 5.25. The number of carbonyl (C=O) groups excluding carboxylic acids is 1. The van der Waals surface area contributed by atoms with Crippen molar-refractivity contribution in [2.45, 2.75) is 26.3 Å². The molecule has 0 fully saturated rings. The molecule has 0 bridgehead atoms. The number of hydrogen-bond donors (Lipinski definition) is 2. The van der Waals surface area contributed by atoms with Gasteiger partial charge >= 0.3 is 0 Å². The third kappa shape index (κ3) is 2.94. The predicted molar refractivity (Wildman–Crippen MR) is 63.1 cm³/mol. The molecule has 1 atom stereocenters. The molecule has 1 amide bonds. The Morgan fingerprint density at radius 2 is 2.27 bits per heavy atom. The Bertz CT molecular complexity index is 345. The zero-order valence-electron chi connectivity index (χ0n) is 8.88. The van der Waals surface area contributed by atoms with Gasteiger partial charge in [-0.25, -0.2) is 0 Å². The predicted octanol–water partition coefficient (Wildman–Crippen LogP) is 2.32. The molecule has 1 aromatic rings. The number of halogens is 1. The number of anilines is 1. The fraction of sp³-hybridized carbons (Fsp3) is 0.364. The SMILES string of the molecule is CCC(N)C(=O)Nc1c(C)cccc1Cl. The van der Waals surface area contributed by atoms with E-state index in [4.69, 9.17) is 17.3 Å². The molecule has 82 valence electrons.